The van der Waals surface area contributed by atoms with Gasteiger partial charge in [0.15, 0.2) is 0 Å². The number of ether oxygens (including phenoxy) is 2. The Balaban J connectivity index is 1.44. The van der Waals surface area contributed by atoms with Crippen molar-refractivity contribution in [1.82, 2.24) is 4.90 Å². The molecule has 2 heterocycles. The zero-order valence-electron chi connectivity index (χ0n) is 12.7. The molecule has 4 nitrogen and oxygen atoms in total. The quantitative estimate of drug-likeness (QED) is 0.835. The van der Waals surface area contributed by atoms with Crippen LogP contribution in [0.15, 0.2) is 0 Å². The summed E-state index contributed by atoms with van der Waals surface area (Å²) in [4.78, 5) is 2.54. The van der Waals surface area contributed by atoms with Crippen molar-refractivity contribution < 1.29 is 14.6 Å². The molecular weight excluding hydrogens is 254 g/mol. The van der Waals surface area contributed by atoms with Crippen LogP contribution in [0.5, 0.6) is 0 Å². The van der Waals surface area contributed by atoms with Crippen LogP contribution in [0, 0.1) is 5.41 Å². The molecule has 1 aliphatic carbocycles. The third-order valence-electron chi connectivity index (χ3n) is 5.69. The van der Waals surface area contributed by atoms with Crippen LogP contribution in [0.4, 0.5) is 0 Å². The van der Waals surface area contributed by atoms with E-state index in [1.54, 1.807) is 0 Å². The molecule has 1 saturated carbocycles. The first kappa shape index (κ1) is 14.8. The van der Waals surface area contributed by atoms with E-state index < -0.39 is 0 Å². The molecule has 0 amide bonds. The zero-order valence-corrected chi connectivity index (χ0v) is 12.7. The molecule has 4 heteroatoms. The molecule has 3 rings (SSSR count). The summed E-state index contributed by atoms with van der Waals surface area (Å²) in [5.74, 6) is 0. The fraction of sp³-hybridized carbons (Fsp3) is 1.00. The van der Waals surface area contributed by atoms with E-state index in [1.165, 1.54) is 19.3 Å². The highest BCUT2D eigenvalue weighted by Crippen LogP contribution is 2.50. The highest BCUT2D eigenvalue weighted by Gasteiger charge is 2.55. The Bertz CT molecular complexity index is 307. The predicted molar refractivity (Wildman–Crippen MR) is 77.7 cm³/mol. The van der Waals surface area contributed by atoms with Crippen LogP contribution in [0.3, 0.4) is 0 Å². The minimum absolute atomic E-state index is 0.0658. The molecule has 0 unspecified atom stereocenters. The number of hydrogen-bond donors (Lipinski definition) is 1. The molecule has 20 heavy (non-hydrogen) atoms. The summed E-state index contributed by atoms with van der Waals surface area (Å²) in [6, 6.07) is 0. The number of piperidine rings is 1. The average molecular weight is 283 g/mol. The standard InChI is InChI=1S/C16H29NO3/c1-2-19-15-12-14(18)16(15)6-9-17(10-7-16)8-5-13-4-3-11-20-13/h13-15,18H,2-12H2,1H3/t13-,14+,15-/m1/s1. The summed E-state index contributed by atoms with van der Waals surface area (Å²) in [6.07, 6.45) is 7.31. The normalized spacial score (nSPS) is 37.2. The predicted octanol–water partition coefficient (Wildman–Crippen LogP) is 1.81. The second-order valence-corrected chi connectivity index (χ2v) is 6.69. The lowest BCUT2D eigenvalue weighted by Gasteiger charge is -2.56. The first-order chi connectivity index (χ1) is 9.74. The van der Waals surface area contributed by atoms with Gasteiger partial charge in [0.05, 0.1) is 18.3 Å². The van der Waals surface area contributed by atoms with E-state index in [-0.39, 0.29) is 11.5 Å². The minimum atomic E-state index is -0.139. The molecular formula is C16H29NO3. The monoisotopic (exact) mass is 283 g/mol. The zero-order chi connectivity index (χ0) is 14.0. The van der Waals surface area contributed by atoms with Crippen molar-refractivity contribution in [2.45, 2.75) is 63.8 Å². The Kier molecular flexibility index (Phi) is 4.65. The summed E-state index contributed by atoms with van der Waals surface area (Å²) in [6.45, 7) is 7.13. The van der Waals surface area contributed by atoms with E-state index in [2.05, 4.69) is 11.8 Å². The largest absolute Gasteiger partial charge is 0.392 e. The van der Waals surface area contributed by atoms with Crippen molar-refractivity contribution in [2.75, 3.05) is 32.8 Å². The number of rotatable bonds is 5. The van der Waals surface area contributed by atoms with Crippen molar-refractivity contribution in [3.05, 3.63) is 0 Å². The van der Waals surface area contributed by atoms with Crippen molar-refractivity contribution in [1.29, 1.82) is 0 Å². The third-order valence-corrected chi connectivity index (χ3v) is 5.69. The van der Waals surface area contributed by atoms with Crippen LogP contribution in [0.2, 0.25) is 0 Å². The Morgan fingerprint density at radius 3 is 2.75 bits per heavy atom. The number of nitrogens with zero attached hydrogens (tertiary/aromatic N) is 1. The van der Waals surface area contributed by atoms with Gasteiger partial charge in [-0.25, -0.2) is 0 Å². The molecule has 116 valence electrons. The van der Waals surface area contributed by atoms with Crippen molar-refractivity contribution in [3.8, 4) is 0 Å². The molecule has 2 aliphatic heterocycles. The van der Waals surface area contributed by atoms with Crippen LogP contribution in [0.1, 0.15) is 45.4 Å². The summed E-state index contributed by atoms with van der Waals surface area (Å²) < 4.78 is 11.5. The molecule has 1 N–H and O–H groups in total. The van der Waals surface area contributed by atoms with E-state index in [9.17, 15) is 5.11 Å². The van der Waals surface area contributed by atoms with Crippen LogP contribution in [-0.4, -0.2) is 61.2 Å². The van der Waals surface area contributed by atoms with Gasteiger partial charge in [0.25, 0.3) is 0 Å². The molecule has 0 radical (unpaired) electrons. The van der Waals surface area contributed by atoms with Gasteiger partial charge < -0.3 is 19.5 Å². The Morgan fingerprint density at radius 2 is 2.15 bits per heavy atom. The van der Waals surface area contributed by atoms with E-state index >= 15 is 0 Å². The molecule has 3 fully saturated rings. The highest BCUT2D eigenvalue weighted by atomic mass is 16.5. The van der Waals surface area contributed by atoms with Gasteiger partial charge in [-0.1, -0.05) is 0 Å². The Labute approximate surface area is 122 Å². The van der Waals surface area contributed by atoms with Gasteiger partial charge in [-0.2, -0.15) is 0 Å². The van der Waals surface area contributed by atoms with Crippen molar-refractivity contribution in [2.24, 2.45) is 5.41 Å². The molecule has 0 aromatic heterocycles. The summed E-state index contributed by atoms with van der Waals surface area (Å²) in [7, 11) is 0. The Hall–Kier alpha value is -0.160. The van der Waals surface area contributed by atoms with Crippen LogP contribution >= 0.6 is 0 Å². The van der Waals surface area contributed by atoms with Crippen LogP contribution in [0.25, 0.3) is 0 Å². The average Bonchev–Trinajstić information content (AvgIpc) is 2.99. The van der Waals surface area contributed by atoms with E-state index in [0.29, 0.717) is 12.2 Å². The lowest BCUT2D eigenvalue weighted by atomic mass is 9.58. The lowest BCUT2D eigenvalue weighted by Crippen LogP contribution is -2.62. The minimum Gasteiger partial charge on any atom is -0.392 e. The van der Waals surface area contributed by atoms with Gasteiger partial charge in [0, 0.05) is 31.6 Å². The summed E-state index contributed by atoms with van der Waals surface area (Å²) >= 11 is 0. The van der Waals surface area contributed by atoms with Gasteiger partial charge in [-0.3, -0.25) is 0 Å². The second kappa shape index (κ2) is 6.30. The molecule has 0 aromatic carbocycles. The van der Waals surface area contributed by atoms with Gasteiger partial charge in [-0.15, -0.1) is 0 Å². The van der Waals surface area contributed by atoms with E-state index in [0.717, 1.165) is 52.1 Å². The number of hydrogen-bond acceptors (Lipinski definition) is 4. The highest BCUT2D eigenvalue weighted by molar-refractivity contribution is 5.06. The maximum absolute atomic E-state index is 10.2. The van der Waals surface area contributed by atoms with Crippen LogP contribution in [-0.2, 0) is 9.47 Å². The molecule has 0 aromatic rings. The SMILES string of the molecule is CCO[C@@H]1C[C@H](O)C12CCN(CC[C@H]1CCCO1)CC2. The van der Waals surface area contributed by atoms with Crippen LogP contribution < -0.4 is 0 Å². The third kappa shape index (κ3) is 2.76. The maximum Gasteiger partial charge on any atom is 0.0681 e. The van der Waals surface area contributed by atoms with Crippen molar-refractivity contribution >= 4 is 0 Å². The van der Waals surface area contributed by atoms with E-state index in [1.807, 2.05) is 0 Å². The van der Waals surface area contributed by atoms with E-state index in [4.69, 9.17) is 9.47 Å². The smallest absolute Gasteiger partial charge is 0.0681 e. The molecule has 3 atom stereocenters. The molecule has 1 spiro atoms. The molecule has 2 saturated heterocycles. The maximum atomic E-state index is 10.2. The summed E-state index contributed by atoms with van der Waals surface area (Å²) in [5, 5.41) is 10.2. The lowest BCUT2D eigenvalue weighted by molar-refractivity contribution is -0.209. The van der Waals surface area contributed by atoms with Crippen molar-refractivity contribution in [3.63, 3.8) is 0 Å². The molecule has 3 aliphatic rings. The van der Waals surface area contributed by atoms with Gasteiger partial charge in [0.2, 0.25) is 0 Å². The number of likely N-dealkylation sites (tertiary alicyclic amines) is 1. The number of aliphatic hydroxyl groups is 1. The van der Waals surface area contributed by atoms with Gasteiger partial charge >= 0.3 is 0 Å². The first-order valence-corrected chi connectivity index (χ1v) is 8.38. The van der Waals surface area contributed by atoms with Gasteiger partial charge in [0.1, 0.15) is 0 Å². The summed E-state index contributed by atoms with van der Waals surface area (Å²) in [5.41, 5.74) is 0.0658. The number of aliphatic hydroxyl groups excluding tert-OH is 1. The fourth-order valence-electron chi connectivity index (χ4n) is 4.21. The van der Waals surface area contributed by atoms with Gasteiger partial charge in [-0.05, 0) is 52.1 Å². The second-order valence-electron chi connectivity index (χ2n) is 6.69. The Morgan fingerprint density at radius 1 is 1.35 bits per heavy atom. The first-order valence-electron chi connectivity index (χ1n) is 8.38. The topological polar surface area (TPSA) is 41.9 Å². The fourth-order valence-corrected chi connectivity index (χ4v) is 4.21. The molecule has 0 bridgehead atoms.